The number of hydrogen-bond donors (Lipinski definition) is 0. The number of alkyl halides is 3. The number of hydrogen-bond acceptors (Lipinski definition) is 3. The largest absolute Gasteiger partial charge is 0.465 e. The van der Waals surface area contributed by atoms with E-state index in [2.05, 4.69) is 4.74 Å². The molecule has 1 rings (SSSR count). The highest BCUT2D eigenvalue weighted by molar-refractivity contribution is 7.97. The first-order valence-corrected chi connectivity index (χ1v) is 6.49. The minimum absolute atomic E-state index is 0.0831. The monoisotopic (exact) mass is 278 g/mol. The van der Waals surface area contributed by atoms with Gasteiger partial charge in [-0.05, 0) is 36.4 Å². The van der Waals surface area contributed by atoms with Crippen molar-refractivity contribution in [1.82, 2.24) is 0 Å². The molecule has 0 saturated heterocycles. The van der Waals surface area contributed by atoms with Crippen LogP contribution in [0.2, 0.25) is 0 Å². The lowest BCUT2D eigenvalue weighted by molar-refractivity contribution is -0.138. The molecule has 0 atom stereocenters. The molecule has 0 heterocycles. The second-order valence-corrected chi connectivity index (χ2v) is 4.55. The fraction of sp³-hybridized carbons (Fsp3) is 0.417. The molecule has 6 heteroatoms. The highest BCUT2D eigenvalue weighted by Crippen LogP contribution is 2.35. The summed E-state index contributed by atoms with van der Waals surface area (Å²) in [5.41, 5.74) is -0.0551. The van der Waals surface area contributed by atoms with Gasteiger partial charge in [0.15, 0.2) is 0 Å². The molecule has 0 aliphatic heterocycles. The van der Waals surface area contributed by atoms with Crippen molar-refractivity contribution in [2.45, 2.75) is 18.9 Å². The molecule has 100 valence electrons. The van der Waals surface area contributed by atoms with E-state index in [1.54, 1.807) is 6.26 Å². The van der Waals surface area contributed by atoms with E-state index in [-0.39, 0.29) is 11.1 Å². The summed E-state index contributed by atoms with van der Waals surface area (Å²) in [6.45, 7) is 1.38. The van der Waals surface area contributed by atoms with Gasteiger partial charge < -0.3 is 4.74 Å². The van der Waals surface area contributed by atoms with Crippen LogP contribution >= 0.6 is 11.8 Å². The van der Waals surface area contributed by atoms with Crippen LogP contribution in [0, 0.1) is 6.92 Å². The number of esters is 1. The van der Waals surface area contributed by atoms with Gasteiger partial charge in [0.25, 0.3) is 0 Å². The molecule has 2 nitrogen and oxygen atoms in total. The Kier molecular flexibility index (Phi) is 4.67. The summed E-state index contributed by atoms with van der Waals surface area (Å²) in [4.78, 5) is 11.5. The number of carbonyl (C=O) groups is 1. The fourth-order valence-corrected chi connectivity index (χ4v) is 2.36. The third-order valence-corrected chi connectivity index (χ3v) is 3.18. The maximum Gasteiger partial charge on any atom is 0.416 e. The van der Waals surface area contributed by atoms with Crippen LogP contribution in [-0.2, 0) is 16.7 Å². The van der Waals surface area contributed by atoms with Gasteiger partial charge in [-0.15, -0.1) is 0 Å². The first-order valence-electron chi connectivity index (χ1n) is 5.09. The lowest BCUT2D eigenvalue weighted by Crippen LogP contribution is -2.13. The van der Waals surface area contributed by atoms with Crippen LogP contribution in [0.5, 0.6) is 0 Å². The van der Waals surface area contributed by atoms with E-state index in [9.17, 15) is 18.0 Å². The van der Waals surface area contributed by atoms with Crippen molar-refractivity contribution >= 4 is 17.7 Å². The van der Waals surface area contributed by atoms with Crippen molar-refractivity contribution in [3.63, 3.8) is 0 Å². The van der Waals surface area contributed by atoms with Gasteiger partial charge in [0.2, 0.25) is 0 Å². The zero-order valence-electron chi connectivity index (χ0n) is 10.2. The molecule has 1 aromatic rings. The van der Waals surface area contributed by atoms with Gasteiger partial charge in [0, 0.05) is 5.75 Å². The lowest BCUT2D eigenvalue weighted by atomic mass is 9.97. The molecule has 1 aromatic carbocycles. The van der Waals surface area contributed by atoms with E-state index in [0.717, 1.165) is 6.07 Å². The molecule has 0 aliphatic rings. The average molecular weight is 278 g/mol. The standard InChI is InChI=1S/C12H13F3O2S/c1-7-9(6-18-3)8(11(16)17-2)4-5-10(7)12(13,14)15/h4-5H,6H2,1-3H3. The van der Waals surface area contributed by atoms with Crippen molar-refractivity contribution in [3.05, 3.63) is 34.4 Å². The molecular weight excluding hydrogens is 265 g/mol. The van der Waals surface area contributed by atoms with Gasteiger partial charge in [-0.1, -0.05) is 0 Å². The number of benzene rings is 1. The van der Waals surface area contributed by atoms with Crippen molar-refractivity contribution in [2.75, 3.05) is 13.4 Å². The minimum atomic E-state index is -4.41. The smallest absolute Gasteiger partial charge is 0.416 e. The quantitative estimate of drug-likeness (QED) is 0.789. The van der Waals surface area contributed by atoms with Crippen LogP contribution in [0.15, 0.2) is 12.1 Å². The Morgan fingerprint density at radius 1 is 1.39 bits per heavy atom. The van der Waals surface area contributed by atoms with Gasteiger partial charge in [-0.3, -0.25) is 0 Å². The highest BCUT2D eigenvalue weighted by atomic mass is 32.2. The van der Waals surface area contributed by atoms with Crippen LogP contribution in [-0.4, -0.2) is 19.3 Å². The summed E-state index contributed by atoms with van der Waals surface area (Å²) < 4.78 is 42.9. The Hall–Kier alpha value is -1.17. The number of carbonyl (C=O) groups excluding carboxylic acids is 1. The predicted molar refractivity (Wildman–Crippen MR) is 64.7 cm³/mol. The number of halogens is 3. The molecule has 0 bridgehead atoms. The SMILES string of the molecule is COC(=O)c1ccc(C(F)(F)F)c(C)c1CSC. The van der Waals surface area contributed by atoms with Gasteiger partial charge in [0.1, 0.15) is 0 Å². The minimum Gasteiger partial charge on any atom is -0.465 e. The highest BCUT2D eigenvalue weighted by Gasteiger charge is 2.34. The van der Waals surface area contributed by atoms with Gasteiger partial charge in [-0.2, -0.15) is 24.9 Å². The number of thioether (sulfide) groups is 1. The summed E-state index contributed by atoms with van der Waals surface area (Å²) in [5, 5.41) is 0. The topological polar surface area (TPSA) is 26.3 Å². The van der Waals surface area contributed by atoms with Gasteiger partial charge in [-0.25, -0.2) is 4.79 Å². The molecule has 18 heavy (non-hydrogen) atoms. The zero-order valence-corrected chi connectivity index (χ0v) is 11.0. The van der Waals surface area contributed by atoms with Crippen LogP contribution in [0.3, 0.4) is 0 Å². The Balaban J connectivity index is 3.42. The molecule has 0 spiro atoms. The third kappa shape index (κ3) is 2.98. The van der Waals surface area contributed by atoms with E-state index in [1.807, 2.05) is 0 Å². The fourth-order valence-electron chi connectivity index (χ4n) is 1.70. The van der Waals surface area contributed by atoms with Gasteiger partial charge in [0.05, 0.1) is 18.2 Å². The Morgan fingerprint density at radius 2 is 2.00 bits per heavy atom. The van der Waals surface area contributed by atoms with E-state index < -0.39 is 17.7 Å². The number of ether oxygens (including phenoxy) is 1. The summed E-state index contributed by atoms with van der Waals surface area (Å²) >= 11 is 1.36. The van der Waals surface area contributed by atoms with Gasteiger partial charge >= 0.3 is 12.1 Å². The molecule has 0 N–H and O–H groups in total. The Morgan fingerprint density at radius 3 is 2.44 bits per heavy atom. The maximum absolute atomic E-state index is 12.8. The summed E-state index contributed by atoms with van der Waals surface area (Å²) in [6.07, 6.45) is -2.65. The summed E-state index contributed by atoms with van der Waals surface area (Å²) in [5.74, 6) is -0.281. The predicted octanol–water partition coefficient (Wildman–Crippen LogP) is 3.66. The molecule has 0 aromatic heterocycles. The van der Waals surface area contributed by atoms with E-state index >= 15 is 0 Å². The third-order valence-electron chi connectivity index (χ3n) is 2.60. The van der Waals surface area contributed by atoms with Crippen LogP contribution < -0.4 is 0 Å². The van der Waals surface area contributed by atoms with Crippen molar-refractivity contribution in [1.29, 1.82) is 0 Å². The Labute approximate surface area is 108 Å². The maximum atomic E-state index is 12.8. The first-order chi connectivity index (χ1) is 8.32. The molecular formula is C12H13F3O2S. The van der Waals surface area contributed by atoms with Crippen molar-refractivity contribution in [3.8, 4) is 0 Å². The van der Waals surface area contributed by atoms with E-state index in [0.29, 0.717) is 11.3 Å². The molecule has 0 aliphatic carbocycles. The van der Waals surface area contributed by atoms with Crippen LogP contribution in [0.1, 0.15) is 27.0 Å². The first kappa shape index (κ1) is 14.9. The second-order valence-electron chi connectivity index (χ2n) is 3.69. The zero-order chi connectivity index (χ0) is 13.9. The molecule has 0 fully saturated rings. The molecule has 0 unspecified atom stereocenters. The molecule has 0 amide bonds. The van der Waals surface area contributed by atoms with E-state index in [4.69, 9.17) is 0 Å². The van der Waals surface area contributed by atoms with Crippen molar-refractivity contribution < 1.29 is 22.7 Å². The normalized spacial score (nSPS) is 11.4. The number of methoxy groups -OCH3 is 1. The van der Waals surface area contributed by atoms with Crippen molar-refractivity contribution in [2.24, 2.45) is 0 Å². The second kappa shape index (κ2) is 5.65. The van der Waals surface area contributed by atoms with Crippen LogP contribution in [0.4, 0.5) is 13.2 Å². The molecule has 0 radical (unpaired) electrons. The van der Waals surface area contributed by atoms with Crippen LogP contribution in [0.25, 0.3) is 0 Å². The van der Waals surface area contributed by atoms with E-state index in [1.165, 1.54) is 31.9 Å². The Bertz CT molecular complexity index is 455. The number of rotatable bonds is 3. The lowest BCUT2D eigenvalue weighted by Gasteiger charge is -2.16. The summed E-state index contributed by atoms with van der Waals surface area (Å²) in [6, 6.07) is 2.10. The average Bonchev–Trinajstić information content (AvgIpc) is 2.29. The summed E-state index contributed by atoms with van der Waals surface area (Å²) in [7, 11) is 1.21. The molecule has 0 saturated carbocycles.